The summed E-state index contributed by atoms with van der Waals surface area (Å²) in [4.78, 5) is 23.3. The first-order valence-corrected chi connectivity index (χ1v) is 8.86. The molecule has 124 valence electrons. The second-order valence-electron chi connectivity index (χ2n) is 4.80. The fourth-order valence-corrected chi connectivity index (χ4v) is 3.55. The topological polar surface area (TPSA) is 117 Å². The number of carbonyl (C=O) groups is 2. The van der Waals surface area contributed by atoms with Crippen LogP contribution < -0.4 is 16.4 Å². The highest BCUT2D eigenvalue weighted by Gasteiger charge is 2.20. The van der Waals surface area contributed by atoms with Crippen LogP contribution in [0.1, 0.15) is 43.5 Å². The zero-order valence-corrected chi connectivity index (χ0v) is 14.4. The Morgan fingerprint density at radius 1 is 1.45 bits per heavy atom. The number of anilines is 1. The van der Waals surface area contributed by atoms with E-state index in [4.69, 9.17) is 10.8 Å². The number of rotatable bonds is 9. The van der Waals surface area contributed by atoms with Gasteiger partial charge in [-0.15, -0.1) is 11.8 Å². The Morgan fingerprint density at radius 3 is 2.77 bits per heavy atom. The Hall–Kier alpha value is -1.32. The molecule has 0 bridgehead atoms. The van der Waals surface area contributed by atoms with Crippen molar-refractivity contribution in [3.05, 3.63) is 5.56 Å². The van der Waals surface area contributed by atoms with Gasteiger partial charge in [0, 0.05) is 6.54 Å². The highest BCUT2D eigenvalue weighted by Crippen LogP contribution is 2.32. The summed E-state index contributed by atoms with van der Waals surface area (Å²) in [7, 11) is 0. The van der Waals surface area contributed by atoms with Crippen molar-refractivity contribution in [1.29, 1.82) is 0 Å². The summed E-state index contributed by atoms with van der Waals surface area (Å²) >= 11 is 2.49. The van der Waals surface area contributed by atoms with Gasteiger partial charge in [-0.2, -0.15) is 4.37 Å². The molecule has 1 rings (SSSR count). The maximum absolute atomic E-state index is 11.7. The molecule has 22 heavy (non-hydrogen) atoms. The first-order valence-electron chi connectivity index (χ1n) is 7.10. The number of nitrogens with zero attached hydrogens (tertiary/aromatic N) is 1. The number of nitrogens with one attached hydrogen (secondary N) is 2. The first-order chi connectivity index (χ1) is 10.5. The van der Waals surface area contributed by atoms with Crippen LogP contribution in [0.25, 0.3) is 0 Å². The number of aliphatic hydroxyl groups is 1. The number of amides is 3. The van der Waals surface area contributed by atoms with E-state index in [0.717, 1.165) is 36.5 Å². The zero-order chi connectivity index (χ0) is 16.5. The summed E-state index contributed by atoms with van der Waals surface area (Å²) in [5.41, 5.74) is 5.64. The molecule has 0 aromatic carbocycles. The van der Waals surface area contributed by atoms with Crippen molar-refractivity contribution < 1.29 is 14.7 Å². The average Bonchev–Trinajstić information content (AvgIpc) is 2.84. The molecule has 5 N–H and O–H groups in total. The SMILES string of the molecule is CCCCCSc1nsc(NC(=O)NCC(C)O)c1C(N)=O. The fourth-order valence-electron chi connectivity index (χ4n) is 1.59. The Kier molecular flexibility index (Phi) is 8.21. The molecule has 3 amide bonds. The second-order valence-corrected chi connectivity index (χ2v) is 6.65. The third-order valence-electron chi connectivity index (χ3n) is 2.68. The Labute approximate surface area is 138 Å². The van der Waals surface area contributed by atoms with Gasteiger partial charge in [-0.3, -0.25) is 10.1 Å². The van der Waals surface area contributed by atoms with Gasteiger partial charge in [0.05, 0.1) is 6.10 Å². The van der Waals surface area contributed by atoms with Gasteiger partial charge in [0.1, 0.15) is 15.6 Å². The van der Waals surface area contributed by atoms with Gasteiger partial charge in [0.25, 0.3) is 5.91 Å². The Bertz CT molecular complexity index is 505. The molecule has 0 aliphatic carbocycles. The van der Waals surface area contributed by atoms with Crippen LogP contribution in [0.3, 0.4) is 0 Å². The molecule has 1 aromatic rings. The lowest BCUT2D eigenvalue weighted by Gasteiger charge is -2.08. The number of urea groups is 1. The predicted octanol–water partition coefficient (Wildman–Crippen LogP) is 2.03. The van der Waals surface area contributed by atoms with E-state index in [0.29, 0.717) is 10.0 Å². The minimum Gasteiger partial charge on any atom is -0.392 e. The van der Waals surface area contributed by atoms with Gasteiger partial charge in [-0.25, -0.2) is 4.79 Å². The Morgan fingerprint density at radius 2 is 2.18 bits per heavy atom. The van der Waals surface area contributed by atoms with E-state index in [1.807, 2.05) is 0 Å². The summed E-state index contributed by atoms with van der Waals surface area (Å²) in [5.74, 6) is 0.239. The maximum Gasteiger partial charge on any atom is 0.319 e. The lowest BCUT2D eigenvalue weighted by atomic mass is 10.3. The highest BCUT2D eigenvalue weighted by molar-refractivity contribution is 7.99. The van der Waals surface area contributed by atoms with E-state index >= 15 is 0 Å². The molecule has 0 aliphatic rings. The van der Waals surface area contributed by atoms with Crippen molar-refractivity contribution in [3.63, 3.8) is 0 Å². The molecule has 9 heteroatoms. The number of primary amides is 1. The van der Waals surface area contributed by atoms with Gasteiger partial charge < -0.3 is 16.2 Å². The van der Waals surface area contributed by atoms with Gasteiger partial charge >= 0.3 is 6.03 Å². The Balaban J connectivity index is 2.68. The summed E-state index contributed by atoms with van der Waals surface area (Å²) in [6.07, 6.45) is 2.63. The molecule has 7 nitrogen and oxygen atoms in total. The number of hydrogen-bond acceptors (Lipinski definition) is 6. The lowest BCUT2D eigenvalue weighted by Crippen LogP contribution is -2.34. The van der Waals surface area contributed by atoms with Crippen LogP contribution in [-0.4, -0.2) is 39.8 Å². The maximum atomic E-state index is 11.7. The minimum atomic E-state index is -0.646. The molecule has 0 saturated heterocycles. The smallest absolute Gasteiger partial charge is 0.319 e. The summed E-state index contributed by atoms with van der Waals surface area (Å²) in [6, 6.07) is -0.505. The van der Waals surface area contributed by atoms with Gasteiger partial charge in [0.2, 0.25) is 0 Å². The van der Waals surface area contributed by atoms with E-state index in [2.05, 4.69) is 21.9 Å². The van der Waals surface area contributed by atoms with Gasteiger partial charge in [-0.05, 0) is 30.6 Å². The third kappa shape index (κ3) is 6.20. The van der Waals surface area contributed by atoms with Crippen LogP contribution in [0.15, 0.2) is 5.03 Å². The molecule has 0 aliphatic heterocycles. The van der Waals surface area contributed by atoms with Crippen molar-refractivity contribution in [1.82, 2.24) is 9.69 Å². The molecule has 1 aromatic heterocycles. The van der Waals surface area contributed by atoms with Crippen LogP contribution in [0.4, 0.5) is 9.80 Å². The summed E-state index contributed by atoms with van der Waals surface area (Å²) in [5, 5.41) is 15.0. The highest BCUT2D eigenvalue weighted by atomic mass is 32.2. The number of thioether (sulfide) groups is 1. The molecular weight excluding hydrogens is 324 g/mol. The number of aliphatic hydroxyl groups excluding tert-OH is 1. The number of carbonyl (C=O) groups excluding carboxylic acids is 2. The molecule has 0 saturated carbocycles. The van der Waals surface area contributed by atoms with Crippen LogP contribution in [0.5, 0.6) is 0 Å². The lowest BCUT2D eigenvalue weighted by molar-refractivity contribution is 0.0998. The van der Waals surface area contributed by atoms with E-state index < -0.39 is 18.0 Å². The predicted molar refractivity (Wildman–Crippen MR) is 89.6 cm³/mol. The number of unbranched alkanes of at least 4 members (excludes halogenated alkanes) is 2. The van der Waals surface area contributed by atoms with Crippen molar-refractivity contribution in [2.24, 2.45) is 5.73 Å². The largest absolute Gasteiger partial charge is 0.392 e. The molecular formula is C13H22N4O3S2. The monoisotopic (exact) mass is 346 g/mol. The number of aromatic nitrogens is 1. The van der Waals surface area contributed by atoms with Crippen LogP contribution in [-0.2, 0) is 0 Å². The minimum absolute atomic E-state index is 0.120. The normalized spacial score (nSPS) is 12.0. The summed E-state index contributed by atoms with van der Waals surface area (Å²) in [6.45, 7) is 3.80. The standard InChI is InChI=1S/C13H22N4O3S2/c1-3-4-5-6-21-12-9(10(14)19)11(22-17-12)16-13(20)15-7-8(2)18/h8,18H,3-7H2,1-2H3,(H2,14,19)(H2,15,16,20). The third-order valence-corrected chi connectivity index (χ3v) is 4.62. The van der Waals surface area contributed by atoms with Crippen molar-refractivity contribution in [3.8, 4) is 0 Å². The van der Waals surface area contributed by atoms with E-state index in [9.17, 15) is 9.59 Å². The van der Waals surface area contributed by atoms with Gasteiger partial charge in [0.15, 0.2) is 0 Å². The van der Waals surface area contributed by atoms with Crippen LogP contribution in [0, 0.1) is 0 Å². The average molecular weight is 346 g/mol. The molecule has 1 heterocycles. The molecule has 1 atom stereocenters. The van der Waals surface area contributed by atoms with Crippen molar-refractivity contribution in [2.75, 3.05) is 17.6 Å². The molecule has 0 spiro atoms. The molecule has 1 unspecified atom stereocenters. The van der Waals surface area contributed by atoms with Crippen molar-refractivity contribution >= 4 is 40.2 Å². The fraction of sp³-hybridized carbons (Fsp3) is 0.615. The second kappa shape index (κ2) is 9.65. The first kappa shape index (κ1) is 18.7. The summed E-state index contributed by atoms with van der Waals surface area (Å²) < 4.78 is 4.20. The van der Waals surface area contributed by atoms with Gasteiger partial charge in [-0.1, -0.05) is 19.8 Å². The van der Waals surface area contributed by atoms with E-state index in [1.165, 1.54) is 11.8 Å². The van der Waals surface area contributed by atoms with Crippen molar-refractivity contribution in [2.45, 2.75) is 44.2 Å². The van der Waals surface area contributed by atoms with Crippen LogP contribution in [0.2, 0.25) is 0 Å². The number of nitrogens with two attached hydrogens (primary N) is 1. The molecule has 0 radical (unpaired) electrons. The van der Waals surface area contributed by atoms with E-state index in [1.54, 1.807) is 6.92 Å². The van der Waals surface area contributed by atoms with E-state index in [-0.39, 0.29) is 12.1 Å². The molecule has 0 fully saturated rings. The quantitative estimate of drug-likeness (QED) is 0.403. The van der Waals surface area contributed by atoms with Crippen LogP contribution >= 0.6 is 23.3 Å². The number of hydrogen-bond donors (Lipinski definition) is 4. The zero-order valence-electron chi connectivity index (χ0n) is 12.7.